The maximum atomic E-state index is 10.6. The highest BCUT2D eigenvalue weighted by atomic mass is 16.8. The van der Waals surface area contributed by atoms with Gasteiger partial charge in [0, 0.05) is 0 Å². The summed E-state index contributed by atoms with van der Waals surface area (Å²) in [5.74, 6) is 0. The van der Waals surface area contributed by atoms with Gasteiger partial charge >= 0.3 is 0 Å². The smallest absolute Gasteiger partial charge is 0.187 e. The third kappa shape index (κ3) is 4.94. The van der Waals surface area contributed by atoms with E-state index in [1.807, 2.05) is 0 Å². The predicted molar refractivity (Wildman–Crippen MR) is 98.4 cm³/mol. The molecule has 14 heteroatoms. The van der Waals surface area contributed by atoms with E-state index in [0.29, 0.717) is 0 Å². The second-order valence-electron chi connectivity index (χ2n) is 8.30. The van der Waals surface area contributed by atoms with Gasteiger partial charge in [0.25, 0.3) is 0 Å². The Bertz CT molecular complexity index is 608. The van der Waals surface area contributed by atoms with Gasteiger partial charge in [-0.25, -0.2) is 0 Å². The fourth-order valence-electron chi connectivity index (χ4n) is 3.91. The monoisotopic (exact) mass is 472 g/mol. The van der Waals surface area contributed by atoms with E-state index in [1.165, 1.54) is 13.8 Å². The lowest BCUT2D eigenvalue weighted by atomic mass is 9.97. The summed E-state index contributed by atoms with van der Waals surface area (Å²) in [6.45, 7) is 2.12. The summed E-state index contributed by atoms with van der Waals surface area (Å²) in [6.07, 6.45) is -22.7. The van der Waals surface area contributed by atoms with Crippen LogP contribution in [0.5, 0.6) is 0 Å². The summed E-state index contributed by atoms with van der Waals surface area (Å²) < 4.78 is 26.9. The predicted octanol–water partition coefficient (Wildman–Crippen LogP) is -5.52. The molecule has 14 nitrogen and oxygen atoms in total. The van der Waals surface area contributed by atoms with Gasteiger partial charge in [0.2, 0.25) is 0 Å². The third-order valence-corrected chi connectivity index (χ3v) is 6.02. The van der Waals surface area contributed by atoms with Crippen molar-refractivity contribution in [2.75, 3.05) is 6.61 Å². The quantitative estimate of drug-likeness (QED) is 0.182. The van der Waals surface area contributed by atoms with Gasteiger partial charge in [-0.1, -0.05) is 0 Å². The molecule has 0 radical (unpaired) electrons. The Kier molecular flexibility index (Phi) is 8.44. The highest BCUT2D eigenvalue weighted by Crippen LogP contribution is 2.32. The minimum absolute atomic E-state index is 0.720. The van der Waals surface area contributed by atoms with Gasteiger partial charge in [-0.15, -0.1) is 0 Å². The minimum Gasteiger partial charge on any atom is -0.394 e. The maximum absolute atomic E-state index is 10.6. The van der Waals surface area contributed by atoms with Crippen LogP contribution in [0.25, 0.3) is 0 Å². The van der Waals surface area contributed by atoms with Crippen LogP contribution >= 0.6 is 0 Å². The van der Waals surface area contributed by atoms with Crippen molar-refractivity contribution in [3.8, 4) is 0 Å². The Balaban J connectivity index is 1.79. The van der Waals surface area contributed by atoms with Gasteiger partial charge in [-0.2, -0.15) is 0 Å². The normalized spacial score (nSPS) is 55.0. The van der Waals surface area contributed by atoms with Crippen molar-refractivity contribution < 1.29 is 69.6 Å². The second-order valence-corrected chi connectivity index (χ2v) is 8.30. The summed E-state index contributed by atoms with van der Waals surface area (Å²) in [5, 5.41) is 90.6. The molecule has 188 valence electrons. The number of rotatable bonds is 5. The van der Waals surface area contributed by atoms with Crippen molar-refractivity contribution in [1.29, 1.82) is 0 Å². The van der Waals surface area contributed by atoms with Gasteiger partial charge in [0.05, 0.1) is 18.8 Å². The fourth-order valence-corrected chi connectivity index (χ4v) is 3.91. The number of aliphatic hydroxyl groups is 9. The molecule has 3 heterocycles. The number of ether oxygens (including phenoxy) is 5. The number of hydrogen-bond donors (Lipinski definition) is 9. The molecular formula is C18H32O14. The SMILES string of the molecule is C[C@@H]1O[C@@H](O[C@H]2C(O)O[C@@H](C)[C@H](O)[C@H]2O)[C@H](O[C@@H]2O[C@H](CO)[C@@H](O)[C@H](O)[C@H]2O)[C@H](O)[C@H]1O. The lowest BCUT2D eigenvalue weighted by Gasteiger charge is -2.47. The molecule has 0 saturated carbocycles. The Morgan fingerprint density at radius 3 is 1.69 bits per heavy atom. The summed E-state index contributed by atoms with van der Waals surface area (Å²) in [6, 6.07) is 0. The Hall–Kier alpha value is -0.560. The Labute approximate surface area is 183 Å². The molecule has 3 fully saturated rings. The van der Waals surface area contributed by atoms with Crippen LogP contribution in [0.15, 0.2) is 0 Å². The Morgan fingerprint density at radius 2 is 1.09 bits per heavy atom. The molecule has 32 heavy (non-hydrogen) atoms. The average Bonchev–Trinajstić information content (AvgIpc) is 2.76. The molecule has 3 rings (SSSR count). The minimum atomic E-state index is -1.81. The number of hydrogen-bond acceptors (Lipinski definition) is 14. The van der Waals surface area contributed by atoms with Crippen molar-refractivity contribution >= 4 is 0 Å². The highest BCUT2D eigenvalue weighted by molar-refractivity contribution is 4.94. The van der Waals surface area contributed by atoms with Crippen molar-refractivity contribution in [2.24, 2.45) is 0 Å². The summed E-state index contributed by atoms with van der Waals surface area (Å²) in [4.78, 5) is 0. The molecule has 0 bridgehead atoms. The molecule has 3 aliphatic heterocycles. The lowest BCUT2D eigenvalue weighted by molar-refractivity contribution is -0.387. The van der Waals surface area contributed by atoms with Gasteiger partial charge < -0.3 is 69.6 Å². The van der Waals surface area contributed by atoms with Crippen molar-refractivity contribution in [2.45, 2.75) is 106 Å². The first kappa shape index (κ1) is 26.1. The number of aliphatic hydroxyl groups excluding tert-OH is 9. The fraction of sp³-hybridized carbons (Fsp3) is 1.00. The third-order valence-electron chi connectivity index (χ3n) is 6.02. The first-order valence-electron chi connectivity index (χ1n) is 10.3. The molecule has 0 spiro atoms. The van der Waals surface area contributed by atoms with Crippen LogP contribution in [0.1, 0.15) is 13.8 Å². The zero-order chi connectivity index (χ0) is 23.9. The van der Waals surface area contributed by atoms with Gasteiger partial charge in [0.1, 0.15) is 61.0 Å². The van der Waals surface area contributed by atoms with E-state index in [0.717, 1.165) is 0 Å². The molecule has 3 aliphatic rings. The zero-order valence-electron chi connectivity index (χ0n) is 17.4. The second kappa shape index (κ2) is 10.4. The van der Waals surface area contributed by atoms with E-state index in [1.54, 1.807) is 0 Å². The van der Waals surface area contributed by atoms with Gasteiger partial charge in [-0.05, 0) is 13.8 Å². The van der Waals surface area contributed by atoms with Crippen LogP contribution in [0.2, 0.25) is 0 Å². The first-order valence-corrected chi connectivity index (χ1v) is 10.3. The molecule has 3 saturated heterocycles. The van der Waals surface area contributed by atoms with Crippen LogP contribution in [0, 0.1) is 0 Å². The van der Waals surface area contributed by atoms with E-state index < -0.39 is 98.7 Å². The van der Waals surface area contributed by atoms with Crippen molar-refractivity contribution in [3.05, 3.63) is 0 Å². The topological polar surface area (TPSA) is 228 Å². The lowest BCUT2D eigenvalue weighted by Crippen LogP contribution is -2.65. The summed E-state index contributed by atoms with van der Waals surface area (Å²) in [5.41, 5.74) is 0. The summed E-state index contributed by atoms with van der Waals surface area (Å²) in [7, 11) is 0. The molecule has 9 N–H and O–H groups in total. The van der Waals surface area contributed by atoms with Gasteiger partial charge in [-0.3, -0.25) is 0 Å². The summed E-state index contributed by atoms with van der Waals surface area (Å²) >= 11 is 0. The maximum Gasteiger partial charge on any atom is 0.187 e. The molecule has 0 amide bonds. The van der Waals surface area contributed by atoms with Crippen LogP contribution in [-0.4, -0.2) is 145 Å². The Morgan fingerprint density at radius 1 is 0.562 bits per heavy atom. The van der Waals surface area contributed by atoms with Crippen LogP contribution in [-0.2, 0) is 23.7 Å². The molecule has 0 aromatic rings. The molecule has 0 aliphatic carbocycles. The van der Waals surface area contributed by atoms with Crippen LogP contribution in [0.3, 0.4) is 0 Å². The van der Waals surface area contributed by atoms with Crippen molar-refractivity contribution in [3.63, 3.8) is 0 Å². The molecule has 15 atom stereocenters. The molecule has 0 aromatic heterocycles. The molecule has 1 unspecified atom stereocenters. The van der Waals surface area contributed by atoms with E-state index in [-0.39, 0.29) is 0 Å². The molecule has 0 aromatic carbocycles. The van der Waals surface area contributed by atoms with Gasteiger partial charge in [0.15, 0.2) is 18.9 Å². The van der Waals surface area contributed by atoms with E-state index in [4.69, 9.17) is 23.7 Å². The average molecular weight is 472 g/mol. The van der Waals surface area contributed by atoms with E-state index >= 15 is 0 Å². The van der Waals surface area contributed by atoms with E-state index in [2.05, 4.69) is 0 Å². The van der Waals surface area contributed by atoms with E-state index in [9.17, 15) is 46.0 Å². The zero-order valence-corrected chi connectivity index (χ0v) is 17.4. The largest absolute Gasteiger partial charge is 0.394 e. The first-order chi connectivity index (χ1) is 15.0. The molecular weight excluding hydrogens is 440 g/mol. The highest BCUT2D eigenvalue weighted by Gasteiger charge is 2.52. The van der Waals surface area contributed by atoms with Crippen molar-refractivity contribution in [1.82, 2.24) is 0 Å². The van der Waals surface area contributed by atoms with Crippen LogP contribution < -0.4 is 0 Å². The van der Waals surface area contributed by atoms with Crippen LogP contribution in [0.4, 0.5) is 0 Å². The standard InChI is InChI=1S/C18H32O14/c1-4-7(20)11(24)14(16(27)28-4)31-18-15(12(25)8(21)5(2)29-18)32-17-13(26)10(23)9(22)6(3-19)30-17/h4-27H,3H2,1-2H3/t4-,5-,6+,7-,8-,9+,10-,11+,12+,13+,14+,15+,16?,17-,18-/m0/s1.